The molecule has 0 rings (SSSR count). The van der Waals surface area contributed by atoms with Crippen molar-refractivity contribution in [1.82, 2.24) is 0 Å². The number of carbonyl (C=O) groups excluding carboxylic acids is 1. The van der Waals surface area contributed by atoms with Crippen LogP contribution in [0, 0.1) is 5.92 Å². The topological polar surface area (TPSA) is 17.1 Å². The van der Waals surface area contributed by atoms with E-state index >= 15 is 0 Å². The van der Waals surface area contributed by atoms with Crippen LogP contribution in [-0.2, 0) is 4.79 Å². The molecule has 64 valence electrons. The molecule has 0 radical (unpaired) electrons. The average Bonchev–Trinajstić information content (AvgIpc) is 1.99. The van der Waals surface area contributed by atoms with Gasteiger partial charge in [0.1, 0.15) is 5.78 Å². The lowest BCUT2D eigenvalue weighted by molar-refractivity contribution is -0.120. The van der Waals surface area contributed by atoms with Crippen LogP contribution in [0.2, 0.25) is 0 Å². The highest BCUT2D eigenvalue weighted by atomic mass is 35.5. The van der Waals surface area contributed by atoms with Crippen molar-refractivity contribution in [3.05, 3.63) is 11.1 Å². The molecule has 1 nitrogen and oxygen atoms in total. The molecule has 0 aromatic carbocycles. The maximum Gasteiger partial charge on any atom is 0.133 e. The summed E-state index contributed by atoms with van der Waals surface area (Å²) in [4.78, 5) is 11.0. The number of Topliss-reactive ketones (excluding diaryl/α,β-unsaturated/α-hetero) is 1. The molecule has 0 saturated heterocycles. The van der Waals surface area contributed by atoms with E-state index in [1.54, 1.807) is 12.5 Å². The van der Waals surface area contributed by atoms with Crippen molar-refractivity contribution in [3.63, 3.8) is 0 Å². The van der Waals surface area contributed by atoms with E-state index in [2.05, 4.69) is 0 Å². The van der Waals surface area contributed by atoms with Crippen molar-refractivity contribution in [3.8, 4) is 0 Å². The summed E-state index contributed by atoms with van der Waals surface area (Å²) in [6, 6.07) is 0. The van der Waals surface area contributed by atoms with Gasteiger partial charge in [0.05, 0.1) is 0 Å². The molecular weight excluding hydrogens is 160 g/mol. The molecule has 0 aromatic heterocycles. The van der Waals surface area contributed by atoms with E-state index in [1.807, 2.05) is 13.8 Å². The van der Waals surface area contributed by atoms with Crippen LogP contribution in [0.5, 0.6) is 0 Å². The molecule has 0 fully saturated rings. The lowest BCUT2D eigenvalue weighted by Crippen LogP contribution is -2.09. The molecule has 0 bridgehead atoms. The normalized spacial score (nSPS) is 14.7. The fourth-order valence-corrected chi connectivity index (χ4v) is 1.10. The maximum absolute atomic E-state index is 11.0. The number of hydrogen-bond donors (Lipinski definition) is 0. The van der Waals surface area contributed by atoms with Gasteiger partial charge in [-0.25, -0.2) is 0 Å². The van der Waals surface area contributed by atoms with E-state index in [9.17, 15) is 4.79 Å². The van der Waals surface area contributed by atoms with Crippen LogP contribution in [0.15, 0.2) is 11.1 Å². The minimum absolute atomic E-state index is 0.157. The molecule has 0 amide bonds. The Kier molecular flexibility index (Phi) is 5.22. The summed E-state index contributed by atoms with van der Waals surface area (Å²) < 4.78 is 0. The predicted molar refractivity (Wildman–Crippen MR) is 48.7 cm³/mol. The Balaban J connectivity index is 3.98. The van der Waals surface area contributed by atoms with Gasteiger partial charge < -0.3 is 0 Å². The van der Waals surface area contributed by atoms with Crippen LogP contribution >= 0.6 is 11.6 Å². The SMILES string of the molecule is CCC(CC(C)=CCl)C(C)=O. The second-order valence-electron chi connectivity index (χ2n) is 2.88. The first kappa shape index (κ1) is 10.7. The number of ketones is 1. The van der Waals surface area contributed by atoms with Gasteiger partial charge >= 0.3 is 0 Å². The van der Waals surface area contributed by atoms with Crippen molar-refractivity contribution in [2.24, 2.45) is 5.92 Å². The number of halogens is 1. The van der Waals surface area contributed by atoms with Gasteiger partial charge in [0.25, 0.3) is 0 Å². The molecule has 0 aliphatic rings. The Morgan fingerprint density at radius 2 is 2.09 bits per heavy atom. The van der Waals surface area contributed by atoms with E-state index < -0.39 is 0 Å². The number of hydrogen-bond acceptors (Lipinski definition) is 1. The summed E-state index contributed by atoms with van der Waals surface area (Å²) in [5.74, 6) is 0.412. The Morgan fingerprint density at radius 1 is 1.55 bits per heavy atom. The highest BCUT2D eigenvalue weighted by Gasteiger charge is 2.11. The first-order chi connectivity index (χ1) is 5.11. The third-order valence-electron chi connectivity index (χ3n) is 1.82. The molecule has 0 N–H and O–H groups in total. The van der Waals surface area contributed by atoms with Crippen LogP contribution in [0.1, 0.15) is 33.6 Å². The highest BCUT2D eigenvalue weighted by molar-refractivity contribution is 6.25. The summed E-state index contributed by atoms with van der Waals surface area (Å²) in [5.41, 5.74) is 2.62. The summed E-state index contributed by atoms with van der Waals surface area (Å²) in [7, 11) is 0. The molecule has 2 heteroatoms. The van der Waals surface area contributed by atoms with Crippen molar-refractivity contribution in [2.75, 3.05) is 0 Å². The van der Waals surface area contributed by atoms with Crippen molar-refractivity contribution >= 4 is 17.4 Å². The van der Waals surface area contributed by atoms with E-state index in [0.717, 1.165) is 18.4 Å². The molecule has 0 aliphatic carbocycles. The third-order valence-corrected chi connectivity index (χ3v) is 2.19. The van der Waals surface area contributed by atoms with Gasteiger partial charge in [-0.3, -0.25) is 4.79 Å². The zero-order valence-corrected chi connectivity index (χ0v) is 8.11. The lowest BCUT2D eigenvalue weighted by atomic mass is 9.95. The van der Waals surface area contributed by atoms with Crippen LogP contribution in [0.4, 0.5) is 0 Å². The summed E-state index contributed by atoms with van der Waals surface area (Å²) in [6.45, 7) is 5.60. The smallest absolute Gasteiger partial charge is 0.133 e. The quantitative estimate of drug-likeness (QED) is 0.640. The largest absolute Gasteiger partial charge is 0.300 e. The monoisotopic (exact) mass is 174 g/mol. The Bertz CT molecular complexity index is 161. The second kappa shape index (κ2) is 5.36. The van der Waals surface area contributed by atoms with Crippen molar-refractivity contribution in [2.45, 2.75) is 33.6 Å². The summed E-state index contributed by atoms with van der Waals surface area (Å²) in [6.07, 6.45) is 1.70. The van der Waals surface area contributed by atoms with Gasteiger partial charge in [-0.05, 0) is 26.7 Å². The number of carbonyl (C=O) groups is 1. The first-order valence-electron chi connectivity index (χ1n) is 3.88. The van der Waals surface area contributed by atoms with E-state index in [-0.39, 0.29) is 11.7 Å². The van der Waals surface area contributed by atoms with Crippen LogP contribution in [0.3, 0.4) is 0 Å². The maximum atomic E-state index is 11.0. The minimum Gasteiger partial charge on any atom is -0.300 e. The number of allylic oxidation sites excluding steroid dienone is 1. The van der Waals surface area contributed by atoms with Crippen LogP contribution in [-0.4, -0.2) is 5.78 Å². The molecule has 0 spiro atoms. The molecule has 0 saturated carbocycles. The Labute approximate surface area is 73.4 Å². The minimum atomic E-state index is 0.157. The molecule has 0 aliphatic heterocycles. The zero-order valence-electron chi connectivity index (χ0n) is 7.36. The Hall–Kier alpha value is -0.300. The molecule has 0 heterocycles. The van der Waals surface area contributed by atoms with Gasteiger partial charge in [0, 0.05) is 11.5 Å². The first-order valence-corrected chi connectivity index (χ1v) is 4.31. The van der Waals surface area contributed by atoms with Crippen LogP contribution in [0.25, 0.3) is 0 Å². The molecule has 1 unspecified atom stereocenters. The average molecular weight is 175 g/mol. The van der Waals surface area contributed by atoms with Gasteiger partial charge in [-0.1, -0.05) is 24.1 Å². The van der Waals surface area contributed by atoms with Gasteiger partial charge in [0.15, 0.2) is 0 Å². The molecule has 11 heavy (non-hydrogen) atoms. The van der Waals surface area contributed by atoms with E-state index in [4.69, 9.17) is 11.6 Å². The van der Waals surface area contributed by atoms with Crippen LogP contribution < -0.4 is 0 Å². The van der Waals surface area contributed by atoms with Gasteiger partial charge in [-0.2, -0.15) is 0 Å². The highest BCUT2D eigenvalue weighted by Crippen LogP contribution is 2.16. The van der Waals surface area contributed by atoms with Gasteiger partial charge in [0.2, 0.25) is 0 Å². The zero-order chi connectivity index (χ0) is 8.85. The third kappa shape index (κ3) is 4.20. The van der Waals surface area contributed by atoms with Gasteiger partial charge in [-0.15, -0.1) is 0 Å². The summed E-state index contributed by atoms with van der Waals surface area (Å²) >= 11 is 5.48. The van der Waals surface area contributed by atoms with E-state index in [1.165, 1.54) is 0 Å². The predicted octanol–water partition coefficient (Wildman–Crippen LogP) is 3.13. The van der Waals surface area contributed by atoms with Crippen molar-refractivity contribution < 1.29 is 4.79 Å². The molecule has 1 atom stereocenters. The standard InChI is InChI=1S/C9H15ClO/c1-4-9(8(3)11)5-7(2)6-10/h6,9H,4-5H2,1-3H3. The lowest BCUT2D eigenvalue weighted by Gasteiger charge is -2.09. The molecular formula is C9H15ClO. The fraction of sp³-hybridized carbons (Fsp3) is 0.667. The summed E-state index contributed by atoms with van der Waals surface area (Å²) in [5, 5.41) is 0. The second-order valence-corrected chi connectivity index (χ2v) is 3.09. The Morgan fingerprint density at radius 3 is 2.36 bits per heavy atom. The fourth-order valence-electron chi connectivity index (χ4n) is 1.01. The molecule has 0 aromatic rings. The number of rotatable bonds is 4. The van der Waals surface area contributed by atoms with Crippen molar-refractivity contribution in [1.29, 1.82) is 0 Å². The van der Waals surface area contributed by atoms with E-state index in [0.29, 0.717) is 0 Å².